The van der Waals surface area contributed by atoms with Crippen molar-refractivity contribution >= 4 is 43.4 Å². The predicted molar refractivity (Wildman–Crippen MR) is 224 cm³/mol. The summed E-state index contributed by atoms with van der Waals surface area (Å²) in [5, 5.41) is 7.25. The van der Waals surface area contributed by atoms with E-state index < -0.39 is 13.2 Å². The average molecular weight is 680 g/mol. The molecule has 0 amide bonds. The average Bonchev–Trinajstić information content (AvgIpc) is 3.81. The lowest BCUT2D eigenvalue weighted by atomic mass is 9.84. The topological polar surface area (TPSA) is 17.8 Å². The minimum atomic E-state index is -2.93. The monoisotopic (exact) mass is 679 g/mol. The van der Waals surface area contributed by atoms with Gasteiger partial charge in [-0.25, -0.2) is 4.98 Å². The van der Waals surface area contributed by atoms with Gasteiger partial charge in [-0.05, 0) is 101 Å². The van der Waals surface area contributed by atoms with E-state index in [1.807, 2.05) is 42.5 Å². The van der Waals surface area contributed by atoms with Crippen molar-refractivity contribution < 1.29 is 6.85 Å². The number of rotatable bonds is 5. The summed E-state index contributed by atoms with van der Waals surface area (Å²) < 4.78 is 43.4. The van der Waals surface area contributed by atoms with Crippen molar-refractivity contribution in [2.45, 2.75) is 13.2 Å². The van der Waals surface area contributed by atoms with E-state index in [1.165, 1.54) is 54.9 Å². The maximum atomic E-state index is 8.75. The van der Waals surface area contributed by atoms with Crippen molar-refractivity contribution in [3.8, 4) is 61.3 Å². The van der Waals surface area contributed by atoms with Crippen LogP contribution in [0.15, 0.2) is 176 Å². The van der Waals surface area contributed by atoms with Crippen LogP contribution in [0.2, 0.25) is 0 Å². The molecule has 1 aliphatic carbocycles. The van der Waals surface area contributed by atoms with Crippen LogP contribution >= 0.6 is 0 Å². The Labute approximate surface area is 315 Å². The Bertz CT molecular complexity index is 3220. The van der Waals surface area contributed by atoms with Crippen LogP contribution < -0.4 is 0 Å². The maximum Gasteiger partial charge on any atom is 0.114 e. The van der Waals surface area contributed by atoms with Gasteiger partial charge in [0.2, 0.25) is 0 Å². The first-order valence-corrected chi connectivity index (χ1v) is 18.0. The van der Waals surface area contributed by atoms with Gasteiger partial charge in [0.15, 0.2) is 0 Å². The van der Waals surface area contributed by atoms with Crippen LogP contribution in [0.3, 0.4) is 0 Å². The first-order valence-electron chi connectivity index (χ1n) is 20.5. The minimum absolute atomic E-state index is 0.152. The number of benzene rings is 9. The molecule has 10 aromatic rings. The lowest BCUT2D eigenvalue weighted by Gasteiger charge is -2.19. The van der Waals surface area contributed by atoms with Crippen LogP contribution in [0.1, 0.15) is 19.5 Å². The molecule has 248 valence electrons. The summed E-state index contributed by atoms with van der Waals surface area (Å²) in [6.07, 6.45) is -2.70. The molecule has 0 aliphatic heterocycles. The van der Waals surface area contributed by atoms with E-state index in [4.69, 9.17) is 6.85 Å². The number of hydrogen-bond acceptors (Lipinski definition) is 1. The van der Waals surface area contributed by atoms with E-state index in [1.54, 1.807) is 10.6 Å². The molecule has 9 aromatic carbocycles. The third kappa shape index (κ3) is 4.36. The normalized spacial score (nSPS) is 13.8. The second kappa shape index (κ2) is 11.6. The zero-order valence-corrected chi connectivity index (χ0v) is 28.6. The number of nitrogens with zero attached hydrogens (tertiary/aromatic N) is 2. The van der Waals surface area contributed by atoms with Crippen molar-refractivity contribution in [2.24, 2.45) is 0 Å². The zero-order chi connectivity index (χ0) is 39.3. The van der Waals surface area contributed by atoms with Gasteiger partial charge in [-0.2, -0.15) is 0 Å². The molecular weight excluding hydrogens is 641 g/mol. The molecule has 53 heavy (non-hydrogen) atoms. The SMILES string of the molecule is [2H]C([2H])([2H])C([2H])([2H])c1nc2ccccc2n1-c1ccccc1-c1ccc(-c2c3ccccc3c(-c3ccc4c5c(cccc35)-c3ccccc3-4)c3ccccc23)cc1. The molecule has 2 heteroatoms. The van der Waals surface area contributed by atoms with Crippen LogP contribution in [0, 0.1) is 0 Å². The van der Waals surface area contributed by atoms with Crippen LogP contribution in [-0.2, 0) is 6.37 Å². The Morgan fingerprint density at radius 1 is 0.453 bits per heavy atom. The summed E-state index contributed by atoms with van der Waals surface area (Å²) in [4.78, 5) is 4.57. The molecule has 1 aliphatic rings. The molecule has 0 N–H and O–H groups in total. The van der Waals surface area contributed by atoms with E-state index in [0.717, 1.165) is 33.0 Å². The molecule has 0 atom stereocenters. The van der Waals surface area contributed by atoms with Crippen molar-refractivity contribution in [3.63, 3.8) is 0 Å². The van der Waals surface area contributed by atoms with Gasteiger partial charge in [-0.1, -0.05) is 165 Å². The fourth-order valence-corrected chi connectivity index (χ4v) is 8.84. The Morgan fingerprint density at radius 3 is 1.70 bits per heavy atom. The zero-order valence-electron chi connectivity index (χ0n) is 33.6. The molecule has 0 saturated carbocycles. The fraction of sp³-hybridized carbons (Fsp3) is 0.0392. The van der Waals surface area contributed by atoms with Crippen molar-refractivity contribution in [1.29, 1.82) is 0 Å². The Kier molecular flexibility index (Phi) is 5.53. The highest BCUT2D eigenvalue weighted by Gasteiger charge is 2.24. The van der Waals surface area contributed by atoms with Gasteiger partial charge in [0.05, 0.1) is 16.7 Å². The Hall–Kier alpha value is -6.77. The second-order valence-electron chi connectivity index (χ2n) is 13.8. The van der Waals surface area contributed by atoms with E-state index in [-0.39, 0.29) is 5.82 Å². The molecule has 0 saturated heterocycles. The Morgan fingerprint density at radius 2 is 0.981 bits per heavy atom. The molecule has 0 unspecified atom stereocenters. The lowest BCUT2D eigenvalue weighted by Crippen LogP contribution is -2.02. The van der Waals surface area contributed by atoms with Crippen LogP contribution in [-0.4, -0.2) is 9.55 Å². The van der Waals surface area contributed by atoms with E-state index in [2.05, 4.69) is 132 Å². The summed E-state index contributed by atoms with van der Waals surface area (Å²) in [5.41, 5.74) is 13.4. The first kappa shape index (κ1) is 25.2. The molecule has 0 spiro atoms. The molecular formula is C51H34N2. The summed E-state index contributed by atoms with van der Waals surface area (Å²) in [5.74, 6) is -0.152. The fourth-order valence-electron chi connectivity index (χ4n) is 8.84. The molecule has 2 nitrogen and oxygen atoms in total. The molecule has 0 radical (unpaired) electrons. The number of imidazole rings is 1. The highest BCUT2D eigenvalue weighted by Crippen LogP contribution is 2.51. The summed E-state index contributed by atoms with van der Waals surface area (Å²) in [7, 11) is 0. The van der Waals surface area contributed by atoms with Crippen molar-refractivity contribution in [3.05, 3.63) is 182 Å². The number of para-hydroxylation sites is 3. The van der Waals surface area contributed by atoms with E-state index in [0.29, 0.717) is 16.7 Å². The quantitative estimate of drug-likeness (QED) is 0.166. The van der Waals surface area contributed by atoms with Crippen LogP contribution in [0.4, 0.5) is 0 Å². The van der Waals surface area contributed by atoms with Crippen molar-refractivity contribution in [2.75, 3.05) is 0 Å². The van der Waals surface area contributed by atoms with Gasteiger partial charge in [0.1, 0.15) is 5.82 Å². The number of aromatic nitrogens is 2. The van der Waals surface area contributed by atoms with Gasteiger partial charge in [0.25, 0.3) is 0 Å². The van der Waals surface area contributed by atoms with Gasteiger partial charge in [-0.15, -0.1) is 0 Å². The van der Waals surface area contributed by atoms with Crippen LogP contribution in [0.25, 0.3) is 105 Å². The molecule has 0 fully saturated rings. The summed E-state index contributed by atoms with van der Waals surface area (Å²) >= 11 is 0. The molecule has 0 bridgehead atoms. The lowest BCUT2D eigenvalue weighted by molar-refractivity contribution is 0.909. The van der Waals surface area contributed by atoms with E-state index >= 15 is 0 Å². The third-order valence-electron chi connectivity index (χ3n) is 11.1. The molecule has 1 aromatic heterocycles. The predicted octanol–water partition coefficient (Wildman–Crippen LogP) is 13.7. The minimum Gasteiger partial charge on any atom is -0.296 e. The van der Waals surface area contributed by atoms with Crippen LogP contribution in [0.5, 0.6) is 0 Å². The number of hydrogen-bond donors (Lipinski definition) is 0. The van der Waals surface area contributed by atoms with Gasteiger partial charge in [0, 0.05) is 18.8 Å². The van der Waals surface area contributed by atoms with Gasteiger partial charge in [-0.3, -0.25) is 4.57 Å². The van der Waals surface area contributed by atoms with Gasteiger partial charge < -0.3 is 0 Å². The highest BCUT2D eigenvalue weighted by atomic mass is 15.1. The third-order valence-corrected chi connectivity index (χ3v) is 11.1. The standard InChI is InChI=1S/C51H34N2/c1-2-48-52-45-23-10-12-25-47(45)53(48)46-24-11-9-14-34(46)32-26-28-33(29-27-32)49-38-17-5-7-19-40(38)51(41-20-8-6-18-39(41)49)44-31-30-43-36-16-4-3-15-35(36)37-21-13-22-42(44)50(37)43/h3-31H,2H2,1H3/i1D3,2D2. The summed E-state index contributed by atoms with van der Waals surface area (Å²) in [6, 6.07) is 61.0. The molecule has 1 heterocycles. The number of fused-ring (bicyclic) bond motifs is 6. The van der Waals surface area contributed by atoms with Gasteiger partial charge >= 0.3 is 0 Å². The Balaban J connectivity index is 1.09. The largest absolute Gasteiger partial charge is 0.296 e. The smallest absolute Gasteiger partial charge is 0.114 e. The maximum absolute atomic E-state index is 8.75. The first-order chi connectivity index (χ1) is 28.2. The second-order valence-corrected chi connectivity index (χ2v) is 13.8. The molecule has 11 rings (SSSR count). The van der Waals surface area contributed by atoms with Crippen molar-refractivity contribution in [1.82, 2.24) is 9.55 Å². The van der Waals surface area contributed by atoms with E-state index in [9.17, 15) is 0 Å². The number of aryl methyl sites for hydroxylation is 1. The summed E-state index contributed by atoms with van der Waals surface area (Å²) in [6.45, 7) is -2.93. The highest BCUT2D eigenvalue weighted by molar-refractivity contribution is 6.26.